The third-order valence-electron chi connectivity index (χ3n) is 1.35. The van der Waals surface area contributed by atoms with Crippen molar-refractivity contribution in [1.29, 1.82) is 0 Å². The molecule has 1 rings (SSSR count). The van der Waals surface area contributed by atoms with Crippen LogP contribution >= 0.6 is 22.6 Å². The molecule has 0 amide bonds. The van der Waals surface area contributed by atoms with Crippen molar-refractivity contribution in [2.45, 2.75) is 6.17 Å². The predicted molar refractivity (Wildman–Crippen MR) is 52.7 cm³/mol. The summed E-state index contributed by atoms with van der Waals surface area (Å²) in [6.45, 7) is 6.70. The molecule has 0 aliphatic heterocycles. The molecule has 0 aromatic heterocycles. The van der Waals surface area contributed by atoms with Gasteiger partial charge in [0, 0.05) is 9.13 Å². The lowest BCUT2D eigenvalue weighted by Gasteiger charge is -1.97. The average Bonchev–Trinajstić information content (AvgIpc) is 2.05. The Morgan fingerprint density at radius 3 is 2.36 bits per heavy atom. The molecule has 1 unspecified atom stereocenters. The lowest BCUT2D eigenvalue weighted by molar-refractivity contribution is 0.905. The van der Waals surface area contributed by atoms with Crippen LogP contribution in [-0.2, 0) is 0 Å². The van der Waals surface area contributed by atoms with Gasteiger partial charge in [-0.05, 0) is 46.9 Å². The standard InChI is InChI=1S/C8H7IN2/c1-11-8(10)6-2-4-7(9)5-3-6/h2-5,8H,10H2. The predicted octanol–water partition coefficient (Wildman–Crippen LogP) is 2.17. The molecule has 0 saturated carbocycles. The van der Waals surface area contributed by atoms with Gasteiger partial charge < -0.3 is 0 Å². The van der Waals surface area contributed by atoms with Gasteiger partial charge in [-0.2, -0.15) is 0 Å². The maximum atomic E-state index is 6.70. The fourth-order valence-electron chi connectivity index (χ4n) is 0.734. The lowest BCUT2D eigenvalue weighted by Crippen LogP contribution is -2.04. The Balaban J connectivity index is 2.92. The largest absolute Gasteiger partial charge is 0.300 e. The van der Waals surface area contributed by atoms with Crippen LogP contribution in [0.25, 0.3) is 4.85 Å². The van der Waals surface area contributed by atoms with E-state index in [4.69, 9.17) is 12.3 Å². The molecule has 0 saturated heterocycles. The second-order valence-corrected chi connectivity index (χ2v) is 3.37. The Hall–Kier alpha value is -0.600. The van der Waals surface area contributed by atoms with Crippen molar-refractivity contribution >= 4 is 22.6 Å². The van der Waals surface area contributed by atoms with E-state index < -0.39 is 6.17 Å². The minimum Gasteiger partial charge on any atom is -0.291 e. The molecule has 2 N–H and O–H groups in total. The van der Waals surface area contributed by atoms with Crippen LogP contribution in [0, 0.1) is 10.1 Å². The summed E-state index contributed by atoms with van der Waals surface area (Å²) in [4.78, 5) is 3.21. The maximum absolute atomic E-state index is 6.70. The minimum absolute atomic E-state index is 0.507. The first kappa shape index (κ1) is 8.50. The zero-order chi connectivity index (χ0) is 8.27. The first-order valence-electron chi connectivity index (χ1n) is 3.11. The third kappa shape index (κ3) is 2.17. The topological polar surface area (TPSA) is 30.4 Å². The molecule has 1 aromatic rings. The van der Waals surface area contributed by atoms with Crippen LogP contribution in [0.15, 0.2) is 24.3 Å². The van der Waals surface area contributed by atoms with Gasteiger partial charge in [-0.15, -0.1) is 0 Å². The molecule has 0 heterocycles. The molecule has 2 nitrogen and oxygen atoms in total. The van der Waals surface area contributed by atoms with E-state index in [1.54, 1.807) is 0 Å². The van der Waals surface area contributed by atoms with Crippen LogP contribution < -0.4 is 5.73 Å². The Kier molecular flexibility index (Phi) is 2.85. The van der Waals surface area contributed by atoms with Crippen molar-refractivity contribution in [2.75, 3.05) is 0 Å². The molecular weight excluding hydrogens is 251 g/mol. The van der Waals surface area contributed by atoms with Crippen LogP contribution in [0.2, 0.25) is 0 Å². The van der Waals surface area contributed by atoms with Crippen molar-refractivity contribution in [3.63, 3.8) is 0 Å². The van der Waals surface area contributed by atoms with Gasteiger partial charge in [0.05, 0.1) is 0 Å². The number of nitrogens with two attached hydrogens (primary N) is 1. The highest BCUT2D eigenvalue weighted by Crippen LogP contribution is 2.13. The van der Waals surface area contributed by atoms with Crippen molar-refractivity contribution in [2.24, 2.45) is 5.73 Å². The normalized spacial score (nSPS) is 12.1. The van der Waals surface area contributed by atoms with Gasteiger partial charge >= 0.3 is 6.17 Å². The summed E-state index contributed by atoms with van der Waals surface area (Å²) in [5, 5.41) is 0. The number of benzene rings is 1. The molecule has 11 heavy (non-hydrogen) atoms. The van der Waals surface area contributed by atoms with Gasteiger partial charge in [0.2, 0.25) is 0 Å². The molecule has 0 spiro atoms. The van der Waals surface area contributed by atoms with Gasteiger partial charge in [0.15, 0.2) is 0 Å². The van der Waals surface area contributed by atoms with Crippen molar-refractivity contribution in [1.82, 2.24) is 0 Å². The van der Waals surface area contributed by atoms with Crippen LogP contribution in [0.3, 0.4) is 0 Å². The van der Waals surface area contributed by atoms with E-state index in [-0.39, 0.29) is 0 Å². The maximum Gasteiger partial charge on any atom is 0.300 e. The molecule has 56 valence electrons. The highest BCUT2D eigenvalue weighted by molar-refractivity contribution is 14.1. The molecule has 3 heteroatoms. The summed E-state index contributed by atoms with van der Waals surface area (Å²) in [6, 6.07) is 7.65. The summed E-state index contributed by atoms with van der Waals surface area (Å²) in [6.07, 6.45) is -0.507. The van der Waals surface area contributed by atoms with E-state index in [0.717, 1.165) is 9.13 Å². The zero-order valence-electron chi connectivity index (χ0n) is 5.79. The fourth-order valence-corrected chi connectivity index (χ4v) is 1.09. The van der Waals surface area contributed by atoms with E-state index in [2.05, 4.69) is 27.4 Å². The van der Waals surface area contributed by atoms with Crippen molar-refractivity contribution < 1.29 is 0 Å². The molecule has 0 radical (unpaired) electrons. The number of nitrogens with zero attached hydrogens (tertiary/aromatic N) is 1. The van der Waals surface area contributed by atoms with E-state index in [9.17, 15) is 0 Å². The van der Waals surface area contributed by atoms with Gasteiger partial charge in [0.1, 0.15) is 0 Å². The molecule has 0 bridgehead atoms. The van der Waals surface area contributed by atoms with Crippen LogP contribution in [-0.4, -0.2) is 0 Å². The van der Waals surface area contributed by atoms with Crippen molar-refractivity contribution in [3.05, 3.63) is 44.8 Å². The molecule has 1 atom stereocenters. The SMILES string of the molecule is [C-]#[N+]C(N)c1ccc(I)cc1. The van der Waals surface area contributed by atoms with E-state index in [1.165, 1.54) is 0 Å². The van der Waals surface area contributed by atoms with Gasteiger partial charge in [-0.25, -0.2) is 6.57 Å². The Morgan fingerprint density at radius 2 is 1.91 bits per heavy atom. The molecule has 0 aliphatic rings. The fraction of sp³-hybridized carbons (Fsp3) is 0.125. The number of rotatable bonds is 1. The lowest BCUT2D eigenvalue weighted by atomic mass is 10.2. The van der Waals surface area contributed by atoms with E-state index >= 15 is 0 Å². The molecule has 0 fully saturated rings. The number of hydrogen-bond acceptors (Lipinski definition) is 1. The Morgan fingerprint density at radius 1 is 1.36 bits per heavy atom. The van der Waals surface area contributed by atoms with Crippen LogP contribution in [0.5, 0.6) is 0 Å². The highest BCUT2D eigenvalue weighted by atomic mass is 127. The smallest absolute Gasteiger partial charge is 0.291 e. The molecule has 0 aliphatic carbocycles. The van der Waals surface area contributed by atoms with Crippen LogP contribution in [0.1, 0.15) is 11.7 Å². The first-order valence-corrected chi connectivity index (χ1v) is 4.19. The summed E-state index contributed by atoms with van der Waals surface area (Å²) < 4.78 is 1.16. The minimum atomic E-state index is -0.507. The second kappa shape index (κ2) is 3.69. The summed E-state index contributed by atoms with van der Waals surface area (Å²) in [7, 11) is 0. The first-order chi connectivity index (χ1) is 5.24. The second-order valence-electron chi connectivity index (χ2n) is 2.13. The monoisotopic (exact) mass is 258 g/mol. The molecular formula is C8H7IN2. The Bertz CT molecular complexity index is 273. The highest BCUT2D eigenvalue weighted by Gasteiger charge is 2.06. The zero-order valence-corrected chi connectivity index (χ0v) is 7.95. The van der Waals surface area contributed by atoms with E-state index in [1.807, 2.05) is 24.3 Å². The number of hydrogen-bond donors (Lipinski definition) is 1. The average molecular weight is 258 g/mol. The van der Waals surface area contributed by atoms with Gasteiger partial charge in [-0.3, -0.25) is 10.6 Å². The summed E-state index contributed by atoms with van der Waals surface area (Å²) in [5.41, 5.74) is 6.36. The van der Waals surface area contributed by atoms with Crippen LogP contribution in [0.4, 0.5) is 0 Å². The van der Waals surface area contributed by atoms with E-state index in [0.29, 0.717) is 0 Å². The Labute approximate surface area is 79.4 Å². The third-order valence-corrected chi connectivity index (χ3v) is 2.07. The molecule has 1 aromatic carbocycles. The van der Waals surface area contributed by atoms with Gasteiger partial charge in [0.25, 0.3) is 0 Å². The summed E-state index contributed by atoms with van der Waals surface area (Å²) >= 11 is 2.21. The van der Waals surface area contributed by atoms with Gasteiger partial charge in [-0.1, -0.05) is 0 Å². The number of halogens is 1. The van der Waals surface area contributed by atoms with Crippen molar-refractivity contribution in [3.8, 4) is 0 Å². The quantitative estimate of drug-likeness (QED) is 0.607. The summed E-state index contributed by atoms with van der Waals surface area (Å²) in [5.74, 6) is 0.